The van der Waals surface area contributed by atoms with E-state index < -0.39 is 5.41 Å². The van der Waals surface area contributed by atoms with Crippen molar-refractivity contribution in [1.82, 2.24) is 4.90 Å². The van der Waals surface area contributed by atoms with Crippen molar-refractivity contribution < 1.29 is 14.3 Å². The molecule has 142 valence electrons. The summed E-state index contributed by atoms with van der Waals surface area (Å²) in [5.41, 5.74) is 0.725. The van der Waals surface area contributed by atoms with Gasteiger partial charge in [0.1, 0.15) is 6.61 Å². The van der Waals surface area contributed by atoms with Crippen molar-refractivity contribution in [3.05, 3.63) is 69.7 Å². The molecular weight excluding hydrogens is 385 g/mol. The number of nitrogens with zero attached hydrogens (tertiary/aromatic N) is 1. The van der Waals surface area contributed by atoms with Crippen LogP contribution in [0.4, 0.5) is 0 Å². The highest BCUT2D eigenvalue weighted by Gasteiger charge is 2.44. The summed E-state index contributed by atoms with van der Waals surface area (Å²) in [4.78, 5) is 26.6. The quantitative estimate of drug-likeness (QED) is 0.697. The molecule has 0 atom stereocenters. The van der Waals surface area contributed by atoms with E-state index in [1.54, 1.807) is 30.0 Å². The SMILES string of the molecule is CC(=O)N1CCC(C(=O)OCc2c(Cl)cccc2Cl)(c2ccccc2)CC1. The third kappa shape index (κ3) is 4.12. The van der Waals surface area contributed by atoms with Gasteiger partial charge in [0.2, 0.25) is 5.91 Å². The van der Waals surface area contributed by atoms with Crippen molar-refractivity contribution in [2.75, 3.05) is 13.1 Å². The van der Waals surface area contributed by atoms with E-state index in [1.165, 1.54) is 0 Å². The zero-order chi connectivity index (χ0) is 19.4. The second-order valence-electron chi connectivity index (χ2n) is 6.73. The summed E-state index contributed by atoms with van der Waals surface area (Å²) in [5, 5.41) is 0.936. The fourth-order valence-corrected chi connectivity index (χ4v) is 4.02. The molecule has 0 radical (unpaired) electrons. The van der Waals surface area contributed by atoms with Gasteiger partial charge in [0, 0.05) is 35.6 Å². The number of ether oxygens (including phenoxy) is 1. The van der Waals surface area contributed by atoms with Crippen LogP contribution in [-0.2, 0) is 26.3 Å². The number of benzene rings is 2. The summed E-state index contributed by atoms with van der Waals surface area (Å²) < 4.78 is 5.67. The molecule has 1 saturated heterocycles. The lowest BCUT2D eigenvalue weighted by molar-refractivity contribution is -0.155. The van der Waals surface area contributed by atoms with Gasteiger partial charge in [-0.2, -0.15) is 0 Å². The molecule has 3 rings (SSSR count). The fraction of sp³-hybridized carbons (Fsp3) is 0.333. The van der Waals surface area contributed by atoms with E-state index in [2.05, 4.69) is 0 Å². The van der Waals surface area contributed by atoms with Gasteiger partial charge in [-0.05, 0) is 30.5 Å². The van der Waals surface area contributed by atoms with Gasteiger partial charge >= 0.3 is 5.97 Å². The second kappa shape index (κ2) is 8.32. The molecule has 1 heterocycles. The first-order valence-electron chi connectivity index (χ1n) is 8.85. The number of esters is 1. The first kappa shape index (κ1) is 19.7. The highest BCUT2D eigenvalue weighted by atomic mass is 35.5. The Balaban J connectivity index is 1.83. The molecule has 1 fully saturated rings. The second-order valence-corrected chi connectivity index (χ2v) is 7.54. The lowest BCUT2D eigenvalue weighted by Crippen LogP contribution is -2.49. The lowest BCUT2D eigenvalue weighted by atomic mass is 9.72. The zero-order valence-corrected chi connectivity index (χ0v) is 16.6. The molecule has 2 aromatic carbocycles. The van der Waals surface area contributed by atoms with Gasteiger partial charge in [-0.15, -0.1) is 0 Å². The number of carbonyl (C=O) groups is 2. The van der Waals surface area contributed by atoms with Crippen molar-refractivity contribution >= 4 is 35.1 Å². The van der Waals surface area contributed by atoms with Gasteiger partial charge in [-0.1, -0.05) is 59.6 Å². The van der Waals surface area contributed by atoms with Crippen LogP contribution in [0.3, 0.4) is 0 Å². The maximum atomic E-state index is 13.2. The molecule has 0 N–H and O–H groups in total. The number of hydrogen-bond donors (Lipinski definition) is 0. The maximum Gasteiger partial charge on any atom is 0.317 e. The van der Waals surface area contributed by atoms with Crippen LogP contribution in [0.1, 0.15) is 30.9 Å². The highest BCUT2D eigenvalue weighted by Crippen LogP contribution is 2.37. The van der Waals surface area contributed by atoms with Crippen LogP contribution in [0, 0.1) is 0 Å². The normalized spacial score (nSPS) is 16.0. The van der Waals surface area contributed by atoms with Crippen molar-refractivity contribution in [2.24, 2.45) is 0 Å². The van der Waals surface area contributed by atoms with Gasteiger partial charge < -0.3 is 9.64 Å². The van der Waals surface area contributed by atoms with Gasteiger partial charge in [-0.3, -0.25) is 9.59 Å². The van der Waals surface area contributed by atoms with E-state index in [4.69, 9.17) is 27.9 Å². The Labute approximate surface area is 169 Å². The fourth-order valence-electron chi connectivity index (χ4n) is 3.52. The Morgan fingerprint density at radius 3 is 2.15 bits per heavy atom. The summed E-state index contributed by atoms with van der Waals surface area (Å²) in [7, 11) is 0. The Morgan fingerprint density at radius 1 is 1.00 bits per heavy atom. The Hall–Kier alpha value is -2.04. The molecule has 0 unspecified atom stereocenters. The van der Waals surface area contributed by atoms with Crippen LogP contribution < -0.4 is 0 Å². The number of carbonyl (C=O) groups excluding carboxylic acids is 2. The minimum absolute atomic E-state index is 0.0162. The number of likely N-dealkylation sites (tertiary alicyclic amines) is 1. The van der Waals surface area contributed by atoms with Crippen LogP contribution >= 0.6 is 23.2 Å². The predicted molar refractivity (Wildman–Crippen MR) is 106 cm³/mol. The number of halogens is 2. The van der Waals surface area contributed by atoms with Crippen molar-refractivity contribution in [3.63, 3.8) is 0 Å². The molecule has 4 nitrogen and oxygen atoms in total. The van der Waals surface area contributed by atoms with Crippen LogP contribution in [0.2, 0.25) is 10.0 Å². The molecule has 1 amide bonds. The summed E-state index contributed by atoms with van der Waals surface area (Å²) in [6, 6.07) is 14.8. The average Bonchev–Trinajstić information content (AvgIpc) is 2.68. The molecule has 1 aliphatic heterocycles. The van der Waals surface area contributed by atoms with Gasteiger partial charge in [0.25, 0.3) is 0 Å². The molecular formula is C21H21Cl2NO3. The van der Waals surface area contributed by atoms with E-state index in [9.17, 15) is 9.59 Å². The average molecular weight is 406 g/mol. The summed E-state index contributed by atoms with van der Waals surface area (Å²) in [6.07, 6.45) is 1.04. The molecule has 6 heteroatoms. The Kier molecular flexibility index (Phi) is 6.08. The zero-order valence-electron chi connectivity index (χ0n) is 15.1. The van der Waals surface area contributed by atoms with Crippen molar-refractivity contribution in [3.8, 4) is 0 Å². The number of rotatable bonds is 4. The van der Waals surface area contributed by atoms with Crippen molar-refractivity contribution in [2.45, 2.75) is 31.8 Å². The third-order valence-corrected chi connectivity index (χ3v) is 5.90. The van der Waals surface area contributed by atoms with E-state index >= 15 is 0 Å². The molecule has 0 aliphatic carbocycles. The standard InChI is InChI=1S/C21H21Cl2NO3/c1-15(25)24-12-10-21(11-13-24,16-6-3-2-4-7-16)20(26)27-14-17-18(22)8-5-9-19(17)23/h2-9H,10-14H2,1H3. The monoisotopic (exact) mass is 405 g/mol. The summed E-state index contributed by atoms with van der Waals surface area (Å²) in [5.74, 6) is -0.291. The van der Waals surface area contributed by atoms with Crippen LogP contribution in [0.25, 0.3) is 0 Å². The number of hydrogen-bond acceptors (Lipinski definition) is 3. The molecule has 0 bridgehead atoms. The Morgan fingerprint density at radius 2 is 1.59 bits per heavy atom. The smallest absolute Gasteiger partial charge is 0.317 e. The third-order valence-electron chi connectivity index (χ3n) is 5.19. The first-order chi connectivity index (χ1) is 12.9. The van der Waals surface area contributed by atoms with Gasteiger partial charge in [0.15, 0.2) is 0 Å². The predicted octanol–water partition coefficient (Wildman–Crippen LogP) is 4.62. The van der Waals surface area contributed by atoms with E-state index in [-0.39, 0.29) is 18.5 Å². The summed E-state index contributed by atoms with van der Waals surface area (Å²) in [6.45, 7) is 2.61. The molecule has 0 aromatic heterocycles. The van der Waals surface area contributed by atoms with Crippen LogP contribution in [-0.4, -0.2) is 29.9 Å². The summed E-state index contributed by atoms with van der Waals surface area (Å²) >= 11 is 12.4. The highest BCUT2D eigenvalue weighted by molar-refractivity contribution is 6.35. The lowest BCUT2D eigenvalue weighted by Gasteiger charge is -2.40. The minimum Gasteiger partial charge on any atom is -0.460 e. The van der Waals surface area contributed by atoms with Gasteiger partial charge in [0.05, 0.1) is 5.41 Å². The van der Waals surface area contributed by atoms with Crippen molar-refractivity contribution in [1.29, 1.82) is 0 Å². The van der Waals surface area contributed by atoms with Gasteiger partial charge in [-0.25, -0.2) is 0 Å². The Bertz CT molecular complexity index is 810. The topological polar surface area (TPSA) is 46.6 Å². The first-order valence-corrected chi connectivity index (χ1v) is 9.61. The number of amides is 1. The molecule has 1 aliphatic rings. The van der Waals surface area contributed by atoms with E-state index in [0.717, 1.165) is 5.56 Å². The molecule has 27 heavy (non-hydrogen) atoms. The van der Waals surface area contributed by atoms with Crippen LogP contribution in [0.5, 0.6) is 0 Å². The van der Waals surface area contributed by atoms with E-state index in [1.807, 2.05) is 30.3 Å². The molecule has 0 spiro atoms. The largest absolute Gasteiger partial charge is 0.460 e. The molecule has 0 saturated carbocycles. The van der Waals surface area contributed by atoms with Crippen LogP contribution in [0.15, 0.2) is 48.5 Å². The maximum absolute atomic E-state index is 13.2. The minimum atomic E-state index is -0.777. The molecule has 2 aromatic rings. The van der Waals surface area contributed by atoms with E-state index in [0.29, 0.717) is 41.5 Å². The number of piperidine rings is 1.